The smallest absolute Gasteiger partial charge is 0.316 e. The van der Waals surface area contributed by atoms with Gasteiger partial charge in [0.05, 0.1) is 30.6 Å². The molecule has 184 valence electrons. The Kier molecular flexibility index (Phi) is 5.21. The van der Waals surface area contributed by atoms with Crippen LogP contribution in [0.25, 0.3) is 0 Å². The van der Waals surface area contributed by atoms with Gasteiger partial charge in [-0.1, -0.05) is 12.2 Å². The van der Waals surface area contributed by atoms with Crippen LogP contribution in [-0.4, -0.2) is 37.3 Å². The molecule has 2 aliphatic carbocycles. The number of aryl methyl sites for hydroxylation is 1. The summed E-state index contributed by atoms with van der Waals surface area (Å²) in [5.74, 6) is -0.745. The Bertz CT molecular complexity index is 1290. The van der Waals surface area contributed by atoms with Crippen LogP contribution in [0.15, 0.2) is 54.6 Å². The molecule has 0 radical (unpaired) electrons. The van der Waals surface area contributed by atoms with Gasteiger partial charge in [0.15, 0.2) is 0 Å². The van der Waals surface area contributed by atoms with Gasteiger partial charge in [-0.3, -0.25) is 19.2 Å². The van der Waals surface area contributed by atoms with Crippen LogP contribution in [0.2, 0.25) is 0 Å². The number of amides is 3. The van der Waals surface area contributed by atoms with E-state index in [0.29, 0.717) is 28.4 Å². The average Bonchev–Trinajstić information content (AvgIpc) is 3.64. The second-order valence-electron chi connectivity index (χ2n) is 9.98. The predicted octanol–water partition coefficient (Wildman–Crippen LogP) is 3.27. The summed E-state index contributed by atoms with van der Waals surface area (Å²) < 4.78 is 10.8. The van der Waals surface area contributed by atoms with Gasteiger partial charge in [0.25, 0.3) is 0 Å². The van der Waals surface area contributed by atoms with Gasteiger partial charge in [-0.15, -0.1) is 0 Å². The molecule has 6 rings (SSSR count). The Hall–Kier alpha value is -3.94. The number of rotatable bonds is 5. The van der Waals surface area contributed by atoms with E-state index < -0.39 is 11.9 Å². The van der Waals surface area contributed by atoms with Gasteiger partial charge >= 0.3 is 5.97 Å². The largest absolute Gasteiger partial charge is 0.497 e. The number of ether oxygens (including phenoxy) is 2. The van der Waals surface area contributed by atoms with Crippen LogP contribution in [0.1, 0.15) is 18.4 Å². The quantitative estimate of drug-likeness (QED) is 0.279. The Balaban J connectivity index is 1.14. The standard InChI is InChI=1S/C28H26N2O6/c1-15-11-21(9-10-22(15)30-26(32)24-16-3-4-17(12-16)25(24)27(30)33)36-28(34)18-13-23(31)29(14-18)19-5-7-20(35-2)8-6-19/h3-11,16-18,24-25H,12-14H2,1-2H3/t16-,17+,18-,24-,25+/m0/s1. The lowest BCUT2D eigenvalue weighted by atomic mass is 9.85. The highest BCUT2D eigenvalue weighted by atomic mass is 16.5. The number of esters is 1. The number of allylic oxidation sites excluding steroid dienone is 2. The van der Waals surface area contributed by atoms with Crippen LogP contribution < -0.4 is 19.3 Å². The lowest BCUT2D eigenvalue weighted by Crippen LogP contribution is -2.33. The van der Waals surface area contributed by atoms with Gasteiger partial charge in [0.2, 0.25) is 17.7 Å². The molecule has 2 aromatic rings. The fourth-order valence-corrected chi connectivity index (χ4v) is 6.16. The number of fused-ring (bicyclic) bond motifs is 5. The minimum atomic E-state index is -0.594. The molecule has 3 amide bonds. The van der Waals surface area contributed by atoms with E-state index in [-0.39, 0.29) is 54.4 Å². The lowest BCUT2D eigenvalue weighted by Gasteiger charge is -2.20. The Morgan fingerprint density at radius 3 is 2.17 bits per heavy atom. The maximum atomic E-state index is 13.1. The minimum Gasteiger partial charge on any atom is -0.497 e. The van der Waals surface area contributed by atoms with E-state index in [2.05, 4.69) is 12.2 Å². The molecule has 1 saturated carbocycles. The number of hydrogen-bond donors (Lipinski definition) is 0. The van der Waals surface area contributed by atoms with Crippen LogP contribution in [0.4, 0.5) is 11.4 Å². The Labute approximate surface area is 208 Å². The van der Waals surface area contributed by atoms with Gasteiger partial charge in [0, 0.05) is 18.7 Å². The molecule has 0 N–H and O–H groups in total. The zero-order chi connectivity index (χ0) is 25.1. The lowest BCUT2D eigenvalue weighted by molar-refractivity contribution is -0.139. The monoisotopic (exact) mass is 486 g/mol. The van der Waals surface area contributed by atoms with E-state index in [1.54, 1.807) is 61.4 Å². The third-order valence-electron chi connectivity index (χ3n) is 7.94. The van der Waals surface area contributed by atoms with Gasteiger partial charge in [0.1, 0.15) is 11.5 Å². The highest BCUT2D eigenvalue weighted by Gasteiger charge is 2.59. The van der Waals surface area contributed by atoms with Crippen molar-refractivity contribution < 1.29 is 28.7 Å². The van der Waals surface area contributed by atoms with Crippen molar-refractivity contribution in [3.63, 3.8) is 0 Å². The van der Waals surface area contributed by atoms with Crippen molar-refractivity contribution in [1.82, 2.24) is 0 Å². The van der Waals surface area contributed by atoms with Crippen LogP contribution >= 0.6 is 0 Å². The molecule has 36 heavy (non-hydrogen) atoms. The van der Waals surface area contributed by atoms with Crippen LogP contribution in [0, 0.1) is 36.5 Å². The zero-order valence-corrected chi connectivity index (χ0v) is 20.0. The van der Waals surface area contributed by atoms with E-state index in [1.807, 2.05) is 0 Å². The summed E-state index contributed by atoms with van der Waals surface area (Å²) in [4.78, 5) is 54.6. The number of anilines is 2. The molecule has 3 fully saturated rings. The molecule has 2 bridgehead atoms. The molecular weight excluding hydrogens is 460 g/mol. The number of imide groups is 1. The topological polar surface area (TPSA) is 93.2 Å². The highest BCUT2D eigenvalue weighted by molar-refractivity contribution is 6.23. The summed E-state index contributed by atoms with van der Waals surface area (Å²) in [5.41, 5.74) is 1.90. The maximum Gasteiger partial charge on any atom is 0.316 e. The summed E-state index contributed by atoms with van der Waals surface area (Å²) in [6.45, 7) is 2.02. The molecule has 2 aliphatic heterocycles. The number of carbonyl (C=O) groups excluding carboxylic acids is 4. The van der Waals surface area contributed by atoms with Gasteiger partial charge in [-0.2, -0.15) is 0 Å². The number of nitrogens with zero attached hydrogens (tertiary/aromatic N) is 2. The third-order valence-corrected chi connectivity index (χ3v) is 7.94. The first kappa shape index (κ1) is 22.5. The van der Waals surface area contributed by atoms with Crippen molar-refractivity contribution in [3.05, 3.63) is 60.2 Å². The molecule has 5 atom stereocenters. The Morgan fingerprint density at radius 1 is 0.917 bits per heavy atom. The Morgan fingerprint density at radius 2 is 1.56 bits per heavy atom. The summed E-state index contributed by atoms with van der Waals surface area (Å²) in [6, 6.07) is 12.0. The number of benzene rings is 2. The fraction of sp³-hybridized carbons (Fsp3) is 0.357. The van der Waals surface area contributed by atoms with Crippen molar-refractivity contribution in [1.29, 1.82) is 0 Å². The number of methoxy groups -OCH3 is 1. The molecule has 0 aromatic heterocycles. The second-order valence-corrected chi connectivity index (χ2v) is 9.98. The first-order chi connectivity index (χ1) is 17.4. The SMILES string of the molecule is COc1ccc(N2C[C@@H](C(=O)Oc3ccc(N4C(=O)[C@@H]5[C@H](C4=O)[C@@H]4C=C[C@H]5C4)c(C)c3)CC2=O)cc1. The number of carbonyl (C=O) groups is 4. The average molecular weight is 487 g/mol. The highest BCUT2D eigenvalue weighted by Crippen LogP contribution is 2.53. The van der Waals surface area contributed by atoms with Gasteiger partial charge < -0.3 is 14.4 Å². The molecular formula is C28H26N2O6. The molecule has 2 saturated heterocycles. The van der Waals surface area contributed by atoms with Crippen LogP contribution in [-0.2, 0) is 19.2 Å². The van der Waals surface area contributed by atoms with E-state index >= 15 is 0 Å². The minimum absolute atomic E-state index is 0.0673. The van der Waals surface area contributed by atoms with Crippen molar-refractivity contribution in [3.8, 4) is 11.5 Å². The third kappa shape index (κ3) is 3.43. The molecule has 2 heterocycles. The first-order valence-corrected chi connectivity index (χ1v) is 12.2. The molecule has 8 heteroatoms. The molecule has 0 spiro atoms. The van der Waals surface area contributed by atoms with Crippen molar-refractivity contribution in [2.75, 3.05) is 23.5 Å². The summed E-state index contributed by atoms with van der Waals surface area (Å²) in [7, 11) is 1.57. The van der Waals surface area contributed by atoms with Crippen molar-refractivity contribution in [2.45, 2.75) is 19.8 Å². The summed E-state index contributed by atoms with van der Waals surface area (Å²) in [5, 5.41) is 0. The van der Waals surface area contributed by atoms with E-state index in [0.717, 1.165) is 6.42 Å². The van der Waals surface area contributed by atoms with Gasteiger partial charge in [-0.05, 0) is 73.2 Å². The van der Waals surface area contributed by atoms with Crippen LogP contribution in [0.5, 0.6) is 11.5 Å². The number of hydrogen-bond acceptors (Lipinski definition) is 6. The predicted molar refractivity (Wildman–Crippen MR) is 130 cm³/mol. The first-order valence-electron chi connectivity index (χ1n) is 12.2. The van der Waals surface area contributed by atoms with Crippen molar-refractivity contribution >= 4 is 35.1 Å². The van der Waals surface area contributed by atoms with Gasteiger partial charge in [-0.25, -0.2) is 4.90 Å². The zero-order valence-electron chi connectivity index (χ0n) is 20.0. The molecule has 8 nitrogen and oxygen atoms in total. The van der Waals surface area contributed by atoms with E-state index in [9.17, 15) is 19.2 Å². The maximum absolute atomic E-state index is 13.1. The normalized spacial score (nSPS) is 28.3. The van der Waals surface area contributed by atoms with Crippen LogP contribution in [0.3, 0.4) is 0 Å². The van der Waals surface area contributed by atoms with Crippen molar-refractivity contribution in [2.24, 2.45) is 29.6 Å². The van der Waals surface area contributed by atoms with E-state index in [1.165, 1.54) is 4.90 Å². The second kappa shape index (κ2) is 8.33. The summed E-state index contributed by atoms with van der Waals surface area (Å²) in [6.07, 6.45) is 5.09. The van der Waals surface area contributed by atoms with E-state index in [4.69, 9.17) is 9.47 Å². The molecule has 4 aliphatic rings. The molecule has 0 unspecified atom stereocenters. The molecule has 2 aromatic carbocycles. The fourth-order valence-electron chi connectivity index (χ4n) is 6.16. The summed E-state index contributed by atoms with van der Waals surface area (Å²) >= 11 is 0.